The summed E-state index contributed by atoms with van der Waals surface area (Å²) in [6, 6.07) is 0. The highest BCUT2D eigenvalue weighted by Crippen LogP contribution is 2.45. The first kappa shape index (κ1) is 16.3. The quantitative estimate of drug-likeness (QED) is 0.641. The Morgan fingerprint density at radius 2 is 1.50 bits per heavy atom. The summed E-state index contributed by atoms with van der Waals surface area (Å²) in [6.07, 6.45) is 9.38. The number of nitrogens with zero attached hydrogens (tertiary/aromatic N) is 1. The summed E-state index contributed by atoms with van der Waals surface area (Å²) in [4.78, 5) is 12.9. The van der Waals surface area contributed by atoms with Gasteiger partial charge in [-0.2, -0.15) is 0 Å². The average Bonchev–Trinajstić information content (AvgIpc) is 3.19. The normalized spacial score (nSPS) is 30.0. The molecule has 3 fully saturated rings. The Bertz CT molecular complexity index is 393. The second-order valence-electron chi connectivity index (χ2n) is 8.45. The standard InChI is InChI=1S/C18H32NO3/c1-19(2)12-11-16(13-19)22-17(20)18(21,14-7-3-4-8-14)15-9-5-6-10-15/h14-16,21H,3-13H2,1-2H3/q+1/t16-/m0/s1. The molecule has 1 heterocycles. The maximum absolute atomic E-state index is 12.9. The molecule has 4 nitrogen and oxygen atoms in total. The summed E-state index contributed by atoms with van der Waals surface area (Å²) < 4.78 is 6.74. The second-order valence-corrected chi connectivity index (χ2v) is 8.45. The number of carbonyl (C=O) groups is 1. The molecule has 1 aliphatic heterocycles. The van der Waals surface area contributed by atoms with Crippen molar-refractivity contribution in [2.24, 2.45) is 11.8 Å². The third-order valence-electron chi connectivity index (χ3n) is 6.31. The van der Waals surface area contributed by atoms with E-state index >= 15 is 0 Å². The molecule has 0 aromatic rings. The fourth-order valence-electron chi connectivity index (χ4n) is 4.97. The molecule has 3 aliphatic rings. The molecule has 0 unspecified atom stereocenters. The Balaban J connectivity index is 1.72. The van der Waals surface area contributed by atoms with Crippen LogP contribution in [0.25, 0.3) is 0 Å². The number of hydrogen-bond donors (Lipinski definition) is 1. The van der Waals surface area contributed by atoms with E-state index in [-0.39, 0.29) is 23.9 Å². The first-order chi connectivity index (χ1) is 10.4. The van der Waals surface area contributed by atoms with Crippen LogP contribution in [0.1, 0.15) is 57.8 Å². The molecular formula is C18H32NO3+. The van der Waals surface area contributed by atoms with Crippen LogP contribution >= 0.6 is 0 Å². The summed E-state index contributed by atoms with van der Waals surface area (Å²) in [6.45, 7) is 1.92. The van der Waals surface area contributed by atoms with Gasteiger partial charge in [0.1, 0.15) is 6.54 Å². The zero-order valence-corrected chi connectivity index (χ0v) is 14.2. The number of hydrogen-bond acceptors (Lipinski definition) is 3. The van der Waals surface area contributed by atoms with E-state index in [1.54, 1.807) is 0 Å². The van der Waals surface area contributed by atoms with Gasteiger partial charge in [-0.05, 0) is 37.5 Å². The minimum absolute atomic E-state index is 0.0168. The Hall–Kier alpha value is -0.610. The van der Waals surface area contributed by atoms with Gasteiger partial charge >= 0.3 is 5.97 Å². The van der Waals surface area contributed by atoms with Crippen molar-refractivity contribution >= 4 is 5.97 Å². The molecule has 4 heteroatoms. The molecule has 22 heavy (non-hydrogen) atoms. The monoisotopic (exact) mass is 310 g/mol. The number of carbonyl (C=O) groups excluding carboxylic acids is 1. The van der Waals surface area contributed by atoms with Gasteiger partial charge in [-0.15, -0.1) is 0 Å². The first-order valence-electron chi connectivity index (χ1n) is 9.17. The lowest BCUT2D eigenvalue weighted by Crippen LogP contribution is -2.52. The van der Waals surface area contributed by atoms with Gasteiger partial charge in [0.2, 0.25) is 0 Å². The van der Waals surface area contributed by atoms with Crippen LogP contribution in [0.2, 0.25) is 0 Å². The zero-order valence-electron chi connectivity index (χ0n) is 14.2. The second kappa shape index (κ2) is 6.12. The summed E-state index contributed by atoms with van der Waals surface area (Å²) in [7, 11) is 4.35. The molecule has 0 aromatic heterocycles. The van der Waals surface area contributed by atoms with E-state index in [1.807, 2.05) is 0 Å². The zero-order chi connectivity index (χ0) is 15.8. The highest BCUT2D eigenvalue weighted by atomic mass is 16.6. The molecule has 0 aromatic carbocycles. The van der Waals surface area contributed by atoms with E-state index in [9.17, 15) is 9.90 Å². The van der Waals surface area contributed by atoms with Gasteiger partial charge in [-0.1, -0.05) is 25.7 Å². The van der Waals surface area contributed by atoms with Gasteiger partial charge in [-0.3, -0.25) is 0 Å². The van der Waals surface area contributed by atoms with E-state index in [4.69, 9.17) is 4.74 Å². The van der Waals surface area contributed by atoms with Crippen LogP contribution in [0.3, 0.4) is 0 Å². The van der Waals surface area contributed by atoms with E-state index in [0.717, 1.165) is 75.4 Å². The van der Waals surface area contributed by atoms with Crippen LogP contribution in [-0.2, 0) is 9.53 Å². The van der Waals surface area contributed by atoms with Crippen LogP contribution in [0, 0.1) is 11.8 Å². The van der Waals surface area contributed by atoms with Crippen molar-refractivity contribution in [2.45, 2.75) is 69.5 Å². The number of aliphatic hydroxyl groups is 1. The van der Waals surface area contributed by atoms with Crippen LogP contribution in [0.5, 0.6) is 0 Å². The Labute approximate surface area is 134 Å². The Morgan fingerprint density at radius 3 is 1.91 bits per heavy atom. The van der Waals surface area contributed by atoms with Crippen molar-refractivity contribution in [1.29, 1.82) is 0 Å². The van der Waals surface area contributed by atoms with E-state index < -0.39 is 5.60 Å². The molecular weight excluding hydrogens is 278 g/mol. The van der Waals surface area contributed by atoms with Gasteiger partial charge in [0, 0.05) is 6.42 Å². The number of esters is 1. The minimum Gasteiger partial charge on any atom is -0.454 e. The van der Waals surface area contributed by atoms with E-state index in [0.29, 0.717) is 0 Å². The lowest BCUT2D eigenvalue weighted by molar-refractivity contribution is -0.879. The summed E-state index contributed by atoms with van der Waals surface area (Å²) >= 11 is 0. The molecule has 1 saturated heterocycles. The summed E-state index contributed by atoms with van der Waals surface area (Å²) in [5.74, 6) is -0.0720. The van der Waals surface area contributed by atoms with Crippen molar-refractivity contribution in [3.63, 3.8) is 0 Å². The van der Waals surface area contributed by atoms with Crippen LogP contribution < -0.4 is 0 Å². The van der Waals surface area contributed by atoms with Gasteiger partial charge in [-0.25, -0.2) is 4.79 Å². The average molecular weight is 310 g/mol. The molecule has 2 aliphatic carbocycles. The SMILES string of the molecule is C[N+]1(C)CC[C@H](OC(=O)C(O)(C2CCCC2)C2CCCC2)C1. The van der Waals surface area contributed by atoms with Gasteiger partial charge < -0.3 is 14.3 Å². The summed E-state index contributed by atoms with van der Waals surface area (Å²) in [5.41, 5.74) is -1.22. The predicted molar refractivity (Wildman–Crippen MR) is 85.2 cm³/mol. The molecule has 3 rings (SSSR count). The Kier molecular flexibility index (Phi) is 4.52. The maximum Gasteiger partial charge on any atom is 0.339 e. The van der Waals surface area contributed by atoms with Crippen LogP contribution in [0.4, 0.5) is 0 Å². The molecule has 1 atom stereocenters. The maximum atomic E-state index is 12.9. The third-order valence-corrected chi connectivity index (χ3v) is 6.31. The van der Waals surface area contributed by atoms with Crippen molar-refractivity contribution in [2.75, 3.05) is 27.2 Å². The highest BCUT2D eigenvalue weighted by molar-refractivity contribution is 5.80. The number of ether oxygens (including phenoxy) is 1. The highest BCUT2D eigenvalue weighted by Gasteiger charge is 2.53. The molecule has 0 amide bonds. The van der Waals surface area contributed by atoms with Gasteiger partial charge in [0.25, 0.3) is 0 Å². The molecule has 0 spiro atoms. The first-order valence-corrected chi connectivity index (χ1v) is 9.17. The fraction of sp³-hybridized carbons (Fsp3) is 0.944. The van der Waals surface area contributed by atoms with E-state index in [2.05, 4.69) is 14.1 Å². The van der Waals surface area contributed by atoms with Crippen molar-refractivity contribution in [1.82, 2.24) is 0 Å². The van der Waals surface area contributed by atoms with Crippen LogP contribution in [-0.4, -0.2) is 54.4 Å². The number of quaternary nitrogens is 1. The molecule has 0 radical (unpaired) electrons. The van der Waals surface area contributed by atoms with Gasteiger partial charge in [0.05, 0.1) is 20.6 Å². The predicted octanol–water partition coefficient (Wildman–Crippen LogP) is 2.49. The van der Waals surface area contributed by atoms with Crippen molar-refractivity contribution in [3.05, 3.63) is 0 Å². The van der Waals surface area contributed by atoms with E-state index in [1.165, 1.54) is 0 Å². The molecule has 0 bridgehead atoms. The smallest absolute Gasteiger partial charge is 0.339 e. The lowest BCUT2D eigenvalue weighted by atomic mass is 9.75. The topological polar surface area (TPSA) is 46.5 Å². The van der Waals surface area contributed by atoms with Crippen molar-refractivity contribution in [3.8, 4) is 0 Å². The number of likely N-dealkylation sites (N-methyl/N-ethyl adjacent to an activating group) is 1. The fourth-order valence-corrected chi connectivity index (χ4v) is 4.97. The number of likely N-dealkylation sites (tertiary alicyclic amines) is 1. The van der Waals surface area contributed by atoms with Crippen molar-refractivity contribution < 1.29 is 19.1 Å². The summed E-state index contributed by atoms with van der Waals surface area (Å²) in [5, 5.41) is 11.4. The molecule has 1 N–H and O–H groups in total. The third kappa shape index (κ3) is 3.05. The lowest BCUT2D eigenvalue weighted by Gasteiger charge is -2.37. The minimum atomic E-state index is -1.22. The molecule has 2 saturated carbocycles. The van der Waals surface area contributed by atoms with Gasteiger partial charge in [0.15, 0.2) is 11.7 Å². The largest absolute Gasteiger partial charge is 0.454 e. The Morgan fingerprint density at radius 1 is 1.00 bits per heavy atom. The number of rotatable bonds is 4. The molecule has 126 valence electrons. The van der Waals surface area contributed by atoms with Crippen LogP contribution in [0.15, 0.2) is 0 Å².